The molecule has 2 aliphatic carbocycles. The van der Waals surface area contributed by atoms with Crippen LogP contribution < -0.4 is 0 Å². The van der Waals surface area contributed by atoms with Gasteiger partial charge in [-0.05, 0) is 56.8 Å². The highest BCUT2D eigenvalue weighted by molar-refractivity contribution is 6.04. The van der Waals surface area contributed by atoms with Crippen LogP contribution in [0.2, 0.25) is 0 Å². The summed E-state index contributed by atoms with van der Waals surface area (Å²) in [5.74, 6) is 3.38. The van der Waals surface area contributed by atoms with Crippen molar-refractivity contribution in [1.82, 2.24) is 5.01 Å². The molecule has 3 rings (SSSR count). The minimum absolute atomic E-state index is 0.457. The van der Waals surface area contributed by atoms with Crippen molar-refractivity contribution in [1.29, 1.82) is 0 Å². The van der Waals surface area contributed by atoms with Crippen molar-refractivity contribution < 1.29 is 4.74 Å². The quantitative estimate of drug-likeness (QED) is 0.721. The molecular formula is C19H29N2O. The highest BCUT2D eigenvalue weighted by atomic mass is 16.5. The van der Waals surface area contributed by atoms with Gasteiger partial charge in [-0.3, -0.25) is 5.01 Å². The first kappa shape index (κ1) is 16.3. The molecule has 0 spiro atoms. The van der Waals surface area contributed by atoms with Crippen LogP contribution in [0, 0.1) is 37.0 Å². The van der Waals surface area contributed by atoms with E-state index < -0.39 is 0 Å². The molecule has 0 unspecified atom stereocenters. The summed E-state index contributed by atoms with van der Waals surface area (Å²) in [6.45, 7) is 4.08. The number of hydrogen-bond donors (Lipinski definition) is 0. The number of hydrazone groups is 1. The molecule has 2 saturated carbocycles. The molecule has 3 heteroatoms. The number of rotatable bonds is 5. The Hall–Kier alpha value is -0.570. The van der Waals surface area contributed by atoms with Crippen molar-refractivity contribution >= 4 is 5.71 Å². The minimum atomic E-state index is 0.457. The van der Waals surface area contributed by atoms with Gasteiger partial charge in [0.1, 0.15) is 0 Å². The third-order valence-electron chi connectivity index (χ3n) is 5.24. The Balaban J connectivity index is 1.78. The molecule has 0 amide bonds. The van der Waals surface area contributed by atoms with Crippen molar-refractivity contribution in [3.8, 4) is 0 Å². The van der Waals surface area contributed by atoms with Crippen LogP contribution in [0.3, 0.4) is 0 Å². The summed E-state index contributed by atoms with van der Waals surface area (Å²) < 4.78 is 5.39. The number of hydrogen-bond acceptors (Lipinski definition) is 3. The summed E-state index contributed by atoms with van der Waals surface area (Å²) in [7, 11) is 1.80. The Kier molecular flexibility index (Phi) is 5.78. The van der Waals surface area contributed by atoms with E-state index in [-0.39, 0.29) is 0 Å². The van der Waals surface area contributed by atoms with E-state index in [4.69, 9.17) is 9.84 Å². The fraction of sp³-hybridized carbons (Fsp3) is 0.684. The van der Waals surface area contributed by atoms with Crippen molar-refractivity contribution in [3.05, 3.63) is 31.1 Å². The molecule has 22 heavy (non-hydrogen) atoms. The number of ether oxygens (including phenoxy) is 1. The van der Waals surface area contributed by atoms with Crippen molar-refractivity contribution in [2.45, 2.75) is 57.9 Å². The maximum Gasteiger partial charge on any atom is 0.0704 e. The third kappa shape index (κ3) is 3.67. The Labute approximate surface area is 136 Å². The molecule has 3 aliphatic rings. The van der Waals surface area contributed by atoms with E-state index in [1.165, 1.54) is 62.5 Å². The molecule has 3 fully saturated rings. The molecule has 0 bridgehead atoms. The van der Waals surface area contributed by atoms with Crippen LogP contribution in [0.5, 0.6) is 0 Å². The molecule has 0 aromatic rings. The smallest absolute Gasteiger partial charge is 0.0704 e. The molecule has 1 heterocycles. The second-order valence-electron chi connectivity index (χ2n) is 6.86. The number of nitrogens with zero attached hydrogens (tertiary/aromatic N) is 2. The van der Waals surface area contributed by atoms with Gasteiger partial charge in [0.15, 0.2) is 0 Å². The lowest BCUT2D eigenvalue weighted by Crippen LogP contribution is -2.34. The predicted octanol–water partition coefficient (Wildman–Crippen LogP) is 3.83. The molecule has 5 radical (unpaired) electrons. The Morgan fingerprint density at radius 3 is 2.68 bits per heavy atom. The maximum atomic E-state index is 5.39. The molecule has 1 saturated heterocycles. The van der Waals surface area contributed by atoms with E-state index in [0.29, 0.717) is 12.0 Å². The molecular weight excluding hydrogens is 272 g/mol. The number of methoxy groups -OCH3 is 1. The third-order valence-corrected chi connectivity index (χ3v) is 5.24. The van der Waals surface area contributed by atoms with Crippen molar-refractivity contribution in [3.63, 3.8) is 0 Å². The van der Waals surface area contributed by atoms with E-state index in [1.54, 1.807) is 7.11 Å². The topological polar surface area (TPSA) is 24.8 Å². The second-order valence-corrected chi connectivity index (χ2v) is 6.86. The van der Waals surface area contributed by atoms with Gasteiger partial charge in [0.25, 0.3) is 0 Å². The van der Waals surface area contributed by atoms with Gasteiger partial charge in [-0.1, -0.05) is 26.2 Å². The second kappa shape index (κ2) is 7.81. The van der Waals surface area contributed by atoms with Crippen LogP contribution in [0.4, 0.5) is 0 Å². The average Bonchev–Trinajstić information content (AvgIpc) is 3.15. The summed E-state index contributed by atoms with van der Waals surface area (Å²) in [4.78, 5) is 0. The average molecular weight is 301 g/mol. The van der Waals surface area contributed by atoms with Crippen LogP contribution in [0.1, 0.15) is 51.9 Å². The lowest BCUT2D eigenvalue weighted by molar-refractivity contribution is 0.117. The van der Waals surface area contributed by atoms with E-state index in [0.717, 1.165) is 13.2 Å². The summed E-state index contributed by atoms with van der Waals surface area (Å²) >= 11 is 0. The zero-order chi connectivity index (χ0) is 15.4. The molecule has 3 nitrogen and oxygen atoms in total. The van der Waals surface area contributed by atoms with Crippen LogP contribution in [0.15, 0.2) is 5.10 Å². The highest BCUT2D eigenvalue weighted by Crippen LogP contribution is 2.39. The summed E-state index contributed by atoms with van der Waals surface area (Å²) in [6, 6.07) is 0.457. The van der Waals surface area contributed by atoms with Gasteiger partial charge >= 0.3 is 0 Å². The lowest BCUT2D eigenvalue weighted by Gasteiger charge is -2.31. The Bertz CT molecular complexity index is 376. The maximum absolute atomic E-state index is 5.39. The molecule has 0 aromatic carbocycles. The minimum Gasteiger partial charge on any atom is -0.382 e. The normalized spacial score (nSPS) is 29.6. The van der Waals surface area contributed by atoms with Crippen LogP contribution in [-0.2, 0) is 4.74 Å². The molecule has 0 aromatic heterocycles. The summed E-state index contributed by atoms with van der Waals surface area (Å²) in [6.07, 6.45) is 15.8. The van der Waals surface area contributed by atoms with E-state index >= 15 is 0 Å². The van der Waals surface area contributed by atoms with E-state index in [1.807, 2.05) is 0 Å². The van der Waals surface area contributed by atoms with Gasteiger partial charge in [-0.15, -0.1) is 0 Å². The van der Waals surface area contributed by atoms with Crippen LogP contribution in [-0.4, -0.2) is 37.0 Å². The fourth-order valence-corrected chi connectivity index (χ4v) is 3.98. The van der Waals surface area contributed by atoms with Gasteiger partial charge in [0, 0.05) is 25.3 Å². The Morgan fingerprint density at radius 2 is 2.00 bits per heavy atom. The summed E-state index contributed by atoms with van der Waals surface area (Å²) in [5.41, 5.74) is 1.34. The largest absolute Gasteiger partial charge is 0.382 e. The van der Waals surface area contributed by atoms with Crippen molar-refractivity contribution in [2.24, 2.45) is 11.0 Å². The monoisotopic (exact) mass is 301 g/mol. The molecule has 121 valence electrons. The highest BCUT2D eigenvalue weighted by Gasteiger charge is 2.36. The van der Waals surface area contributed by atoms with Crippen LogP contribution in [0.25, 0.3) is 0 Å². The zero-order valence-electron chi connectivity index (χ0n) is 14.1. The standard InChI is InChI=1S/C19H29N2O/c1-15-8-6-12-18(15)19(16-9-4-3-5-10-16)20-21-13-7-11-17(21)14-22-2/h6,8,12,16-17H,3-5,7,9-11,13-14H2,1-2H3/b20-19-/t17-/m0/s1. The van der Waals surface area contributed by atoms with Gasteiger partial charge < -0.3 is 4.74 Å². The fourth-order valence-electron chi connectivity index (χ4n) is 3.98. The first-order chi connectivity index (χ1) is 10.8. The summed E-state index contributed by atoms with van der Waals surface area (Å²) in [5, 5.41) is 7.48. The molecule has 1 atom stereocenters. The predicted molar refractivity (Wildman–Crippen MR) is 90.7 cm³/mol. The first-order valence-corrected chi connectivity index (χ1v) is 8.86. The van der Waals surface area contributed by atoms with Gasteiger partial charge in [-0.25, -0.2) is 0 Å². The van der Waals surface area contributed by atoms with Gasteiger partial charge in [0.05, 0.1) is 12.6 Å². The van der Waals surface area contributed by atoms with Gasteiger partial charge in [-0.2, -0.15) is 5.10 Å². The Morgan fingerprint density at radius 1 is 1.18 bits per heavy atom. The van der Waals surface area contributed by atoms with E-state index in [9.17, 15) is 0 Å². The van der Waals surface area contributed by atoms with Gasteiger partial charge in [0.2, 0.25) is 0 Å². The lowest BCUT2D eigenvalue weighted by atomic mass is 9.78. The van der Waals surface area contributed by atoms with Crippen molar-refractivity contribution in [2.75, 3.05) is 20.3 Å². The molecule has 0 N–H and O–H groups in total. The van der Waals surface area contributed by atoms with E-state index in [2.05, 4.69) is 31.2 Å². The zero-order valence-corrected chi connectivity index (χ0v) is 14.1. The first-order valence-electron chi connectivity index (χ1n) is 8.86. The SMILES string of the molecule is COC[C@@H]1CCCN1/N=C(\[C]1[CH][CH][CH][C]1C)C1CCCCC1. The molecule has 1 aliphatic heterocycles. The van der Waals surface area contributed by atoms with Crippen LogP contribution >= 0.6 is 0 Å².